The van der Waals surface area contributed by atoms with Crippen molar-refractivity contribution >= 4 is 12.0 Å². The van der Waals surface area contributed by atoms with Gasteiger partial charge in [0.15, 0.2) is 0 Å². The molecule has 1 fully saturated rings. The fourth-order valence-electron chi connectivity index (χ4n) is 2.03. The highest BCUT2D eigenvalue weighted by molar-refractivity contribution is 5.75. The van der Waals surface area contributed by atoms with E-state index < -0.39 is 5.97 Å². The molecule has 2 atom stereocenters. The van der Waals surface area contributed by atoms with Gasteiger partial charge in [-0.1, -0.05) is 6.92 Å². The first-order valence-corrected chi connectivity index (χ1v) is 5.83. The predicted octanol–water partition coefficient (Wildman–Crippen LogP) is 1.29. The lowest BCUT2D eigenvalue weighted by Gasteiger charge is -2.36. The number of piperidine rings is 1. The Morgan fingerprint density at radius 1 is 1.50 bits per heavy atom. The van der Waals surface area contributed by atoms with Crippen LogP contribution in [-0.2, 0) is 4.79 Å². The number of likely N-dealkylation sites (tertiary alicyclic amines) is 1. The molecule has 0 aromatic heterocycles. The second-order valence-electron chi connectivity index (χ2n) is 4.33. The number of carbonyl (C=O) groups excluding carboxylic acids is 1. The van der Waals surface area contributed by atoms with Crippen LogP contribution in [0.2, 0.25) is 0 Å². The second kappa shape index (κ2) is 5.72. The van der Waals surface area contributed by atoms with Crippen molar-refractivity contribution in [3.63, 3.8) is 0 Å². The Hall–Kier alpha value is -1.26. The Morgan fingerprint density at radius 3 is 2.69 bits per heavy atom. The summed E-state index contributed by atoms with van der Waals surface area (Å²) in [6.45, 7) is 5.11. The van der Waals surface area contributed by atoms with E-state index in [9.17, 15) is 9.59 Å². The third-order valence-electron chi connectivity index (χ3n) is 3.01. The maximum Gasteiger partial charge on any atom is 0.317 e. The highest BCUT2D eigenvalue weighted by Gasteiger charge is 2.31. The van der Waals surface area contributed by atoms with Crippen LogP contribution < -0.4 is 5.32 Å². The van der Waals surface area contributed by atoms with Crippen LogP contribution in [0.5, 0.6) is 0 Å². The van der Waals surface area contributed by atoms with Crippen LogP contribution in [0, 0.1) is 5.92 Å². The van der Waals surface area contributed by atoms with Gasteiger partial charge in [-0.3, -0.25) is 4.79 Å². The largest absolute Gasteiger partial charge is 0.481 e. The molecule has 0 aromatic carbocycles. The lowest BCUT2D eigenvalue weighted by atomic mass is 9.92. The zero-order valence-corrected chi connectivity index (χ0v) is 9.90. The summed E-state index contributed by atoms with van der Waals surface area (Å²) in [6, 6.07) is -0.0649. The molecule has 0 aliphatic carbocycles. The van der Waals surface area contributed by atoms with Crippen LogP contribution in [0.3, 0.4) is 0 Å². The van der Waals surface area contributed by atoms with Crippen molar-refractivity contribution < 1.29 is 14.7 Å². The lowest BCUT2D eigenvalue weighted by molar-refractivity contribution is -0.143. The van der Waals surface area contributed by atoms with Gasteiger partial charge < -0.3 is 15.3 Å². The van der Waals surface area contributed by atoms with Crippen molar-refractivity contribution in [3.05, 3.63) is 0 Å². The molecule has 1 rings (SSSR count). The summed E-state index contributed by atoms with van der Waals surface area (Å²) >= 11 is 0. The minimum Gasteiger partial charge on any atom is -0.481 e. The highest BCUT2D eigenvalue weighted by Crippen LogP contribution is 2.22. The Labute approximate surface area is 95.8 Å². The summed E-state index contributed by atoms with van der Waals surface area (Å²) in [5.74, 6) is -1.05. The van der Waals surface area contributed by atoms with Crippen molar-refractivity contribution in [3.8, 4) is 0 Å². The zero-order chi connectivity index (χ0) is 12.1. The highest BCUT2D eigenvalue weighted by atomic mass is 16.4. The third kappa shape index (κ3) is 3.12. The van der Waals surface area contributed by atoms with E-state index >= 15 is 0 Å². The van der Waals surface area contributed by atoms with E-state index in [0.29, 0.717) is 25.9 Å². The first-order chi connectivity index (χ1) is 7.56. The van der Waals surface area contributed by atoms with E-state index in [-0.39, 0.29) is 18.0 Å². The Bertz CT molecular complexity index is 268. The summed E-state index contributed by atoms with van der Waals surface area (Å²) in [7, 11) is 0. The molecule has 0 spiro atoms. The number of aliphatic carboxylic acids is 1. The van der Waals surface area contributed by atoms with Gasteiger partial charge in [0.2, 0.25) is 0 Å². The number of amides is 2. The molecule has 5 nitrogen and oxygen atoms in total. The number of carbonyl (C=O) groups is 2. The minimum absolute atomic E-state index is 0.00621. The van der Waals surface area contributed by atoms with Crippen LogP contribution in [0.4, 0.5) is 4.79 Å². The second-order valence-corrected chi connectivity index (χ2v) is 4.33. The summed E-state index contributed by atoms with van der Waals surface area (Å²) in [6.07, 6.45) is 2.01. The van der Waals surface area contributed by atoms with Crippen LogP contribution in [-0.4, -0.2) is 41.1 Å². The number of nitrogens with one attached hydrogen (secondary N) is 1. The number of carboxylic acid groups (broad SMARTS) is 1. The van der Waals surface area contributed by atoms with Crippen molar-refractivity contribution in [1.82, 2.24) is 10.2 Å². The zero-order valence-electron chi connectivity index (χ0n) is 9.90. The molecule has 2 unspecified atom stereocenters. The molecule has 0 radical (unpaired) electrons. The first kappa shape index (κ1) is 12.8. The summed E-state index contributed by atoms with van der Waals surface area (Å²) < 4.78 is 0. The van der Waals surface area contributed by atoms with E-state index in [1.807, 2.05) is 13.8 Å². The van der Waals surface area contributed by atoms with E-state index in [1.165, 1.54) is 0 Å². The van der Waals surface area contributed by atoms with Gasteiger partial charge in [-0.2, -0.15) is 0 Å². The fourth-order valence-corrected chi connectivity index (χ4v) is 2.03. The summed E-state index contributed by atoms with van der Waals surface area (Å²) in [5, 5.41) is 11.7. The minimum atomic E-state index is -0.750. The van der Waals surface area contributed by atoms with Gasteiger partial charge in [0.05, 0.1) is 5.92 Å². The Balaban J connectivity index is 2.46. The molecule has 0 saturated carbocycles. The summed E-state index contributed by atoms with van der Waals surface area (Å²) in [4.78, 5) is 24.3. The van der Waals surface area contributed by atoms with E-state index in [1.54, 1.807) is 4.90 Å². The molecular formula is C11H20N2O3. The van der Waals surface area contributed by atoms with Gasteiger partial charge in [0.1, 0.15) is 0 Å². The van der Waals surface area contributed by atoms with E-state index in [0.717, 1.165) is 6.42 Å². The molecule has 5 heteroatoms. The molecule has 1 heterocycles. The standard InChI is InChI=1S/C11H20N2O3/c1-3-5-12-11(16)13-6-4-9(10(14)15)7-8(13)2/h8-9H,3-7H2,1-2H3,(H,12,16)(H,14,15). The fraction of sp³-hybridized carbons (Fsp3) is 0.818. The van der Waals surface area contributed by atoms with Gasteiger partial charge in [0, 0.05) is 19.1 Å². The average Bonchev–Trinajstić information content (AvgIpc) is 2.25. The third-order valence-corrected chi connectivity index (χ3v) is 3.01. The van der Waals surface area contributed by atoms with Crippen LogP contribution >= 0.6 is 0 Å². The quantitative estimate of drug-likeness (QED) is 0.764. The molecule has 2 N–H and O–H groups in total. The van der Waals surface area contributed by atoms with E-state index in [4.69, 9.17) is 5.11 Å². The van der Waals surface area contributed by atoms with Crippen molar-refractivity contribution in [2.45, 2.75) is 39.2 Å². The van der Waals surface area contributed by atoms with Crippen molar-refractivity contribution in [1.29, 1.82) is 0 Å². The lowest BCUT2D eigenvalue weighted by Crippen LogP contribution is -2.50. The number of carboxylic acids is 1. The maximum atomic E-state index is 11.7. The first-order valence-electron chi connectivity index (χ1n) is 5.83. The van der Waals surface area contributed by atoms with Crippen LogP contribution in [0.1, 0.15) is 33.1 Å². The van der Waals surface area contributed by atoms with Gasteiger partial charge in [-0.15, -0.1) is 0 Å². The molecule has 1 saturated heterocycles. The van der Waals surface area contributed by atoms with Crippen LogP contribution in [0.15, 0.2) is 0 Å². The number of nitrogens with zero attached hydrogens (tertiary/aromatic N) is 1. The number of rotatable bonds is 3. The van der Waals surface area contributed by atoms with Gasteiger partial charge in [-0.05, 0) is 26.2 Å². The smallest absolute Gasteiger partial charge is 0.317 e. The number of hydrogen-bond donors (Lipinski definition) is 2. The van der Waals surface area contributed by atoms with Crippen LogP contribution in [0.25, 0.3) is 0 Å². The normalized spacial score (nSPS) is 25.2. The maximum absolute atomic E-state index is 11.7. The molecule has 0 bridgehead atoms. The van der Waals surface area contributed by atoms with Gasteiger partial charge >= 0.3 is 12.0 Å². The monoisotopic (exact) mass is 228 g/mol. The SMILES string of the molecule is CCCNC(=O)N1CCC(C(=O)O)CC1C. The van der Waals surface area contributed by atoms with Gasteiger partial charge in [-0.25, -0.2) is 4.79 Å². The molecule has 92 valence electrons. The molecule has 0 aromatic rings. The molecule has 1 aliphatic rings. The molecule has 1 aliphatic heterocycles. The number of hydrogen-bond acceptors (Lipinski definition) is 2. The summed E-state index contributed by atoms with van der Waals surface area (Å²) in [5.41, 5.74) is 0. The molecular weight excluding hydrogens is 208 g/mol. The van der Waals surface area contributed by atoms with Crippen molar-refractivity contribution in [2.24, 2.45) is 5.92 Å². The van der Waals surface area contributed by atoms with E-state index in [2.05, 4.69) is 5.32 Å². The molecule has 2 amide bonds. The Morgan fingerprint density at radius 2 is 2.19 bits per heavy atom. The average molecular weight is 228 g/mol. The molecule has 16 heavy (non-hydrogen) atoms. The van der Waals surface area contributed by atoms with Crippen molar-refractivity contribution in [2.75, 3.05) is 13.1 Å². The Kier molecular flexibility index (Phi) is 4.58. The van der Waals surface area contributed by atoms with Gasteiger partial charge in [0.25, 0.3) is 0 Å². The topological polar surface area (TPSA) is 69.6 Å². The predicted molar refractivity (Wildman–Crippen MR) is 60.2 cm³/mol. The number of urea groups is 1.